The van der Waals surface area contributed by atoms with Crippen LogP contribution in [-0.4, -0.2) is 16.2 Å². The van der Waals surface area contributed by atoms with Gasteiger partial charge in [0.25, 0.3) is 0 Å². The summed E-state index contributed by atoms with van der Waals surface area (Å²) in [6.07, 6.45) is 0. The van der Waals surface area contributed by atoms with Gasteiger partial charge in [-0.1, -0.05) is 0 Å². The number of rotatable bonds is 1. The summed E-state index contributed by atoms with van der Waals surface area (Å²) in [5.74, 6) is -1.83. The van der Waals surface area contributed by atoms with Crippen molar-refractivity contribution in [2.75, 3.05) is 0 Å². The fourth-order valence-electron chi connectivity index (χ4n) is 0.210. The molecule has 0 unspecified atom stereocenters. The number of aliphatic hydroxyl groups excluding tert-OH is 2. The van der Waals surface area contributed by atoms with Crippen molar-refractivity contribution in [2.24, 2.45) is 0 Å². The van der Waals surface area contributed by atoms with Gasteiger partial charge >= 0.3 is 11.9 Å². The fourth-order valence-corrected chi connectivity index (χ4v) is 0.210. The van der Waals surface area contributed by atoms with E-state index < -0.39 is 17.7 Å². The molecule has 0 radical (unpaired) electrons. The normalized spacial score (nSPS) is 12.2. The largest absolute Gasteiger partial charge is 0.506 e. The van der Waals surface area contributed by atoms with E-state index in [0.29, 0.717) is 0 Å². The average molecular weight is 132 g/mol. The molecule has 0 aliphatic heterocycles. The molecule has 0 aromatic rings. The molecule has 0 spiro atoms. The third-order valence-electron chi connectivity index (χ3n) is 0.550. The molecule has 0 amide bonds. The van der Waals surface area contributed by atoms with Crippen LogP contribution in [0, 0.1) is 0 Å². The molecule has 0 aliphatic carbocycles. The quantitative estimate of drug-likeness (QED) is 0.410. The van der Waals surface area contributed by atoms with Crippen LogP contribution in [0.25, 0.3) is 0 Å². The predicted molar refractivity (Wildman–Crippen MR) is 29.7 cm³/mol. The highest BCUT2D eigenvalue weighted by atomic mass is 16.6. The van der Waals surface area contributed by atoms with Gasteiger partial charge in [0.1, 0.15) is 0 Å². The minimum absolute atomic E-state index is 0.412. The molecular formula is C5H8O4. The van der Waals surface area contributed by atoms with Crippen LogP contribution in [0.4, 0.5) is 0 Å². The van der Waals surface area contributed by atoms with Gasteiger partial charge in [0.2, 0.25) is 0 Å². The van der Waals surface area contributed by atoms with Crippen molar-refractivity contribution in [2.45, 2.75) is 13.8 Å². The van der Waals surface area contributed by atoms with Gasteiger partial charge in [-0.3, -0.25) is 4.79 Å². The standard InChI is InChI=1S/C5H8O4/c1-3(6)5(8)9-4(2)7/h6,8H,1-2H3/b5-3+. The Balaban J connectivity index is 3.92. The zero-order valence-electron chi connectivity index (χ0n) is 5.21. The van der Waals surface area contributed by atoms with Crippen molar-refractivity contribution in [3.05, 3.63) is 11.7 Å². The summed E-state index contributed by atoms with van der Waals surface area (Å²) < 4.78 is 4.06. The lowest BCUT2D eigenvalue weighted by molar-refractivity contribution is -0.141. The zero-order valence-corrected chi connectivity index (χ0v) is 5.21. The minimum Gasteiger partial charge on any atom is -0.506 e. The second-order valence-electron chi connectivity index (χ2n) is 1.48. The molecule has 0 aliphatic rings. The summed E-state index contributed by atoms with van der Waals surface area (Å²) in [4.78, 5) is 10.0. The Labute approximate surface area is 52.4 Å². The van der Waals surface area contributed by atoms with Gasteiger partial charge in [0.05, 0.1) is 0 Å². The van der Waals surface area contributed by atoms with Crippen molar-refractivity contribution in [1.82, 2.24) is 0 Å². The highest BCUT2D eigenvalue weighted by Crippen LogP contribution is 1.97. The fraction of sp³-hybridized carbons (Fsp3) is 0.400. The summed E-state index contributed by atoms with van der Waals surface area (Å²) in [6, 6.07) is 0. The number of hydrogen-bond donors (Lipinski definition) is 2. The predicted octanol–water partition coefficient (Wildman–Crippen LogP) is 0.855. The number of carbonyl (C=O) groups excluding carboxylic acids is 1. The first-order valence-electron chi connectivity index (χ1n) is 2.31. The first-order chi connectivity index (χ1) is 4.04. The Morgan fingerprint density at radius 2 is 1.78 bits per heavy atom. The van der Waals surface area contributed by atoms with Crippen molar-refractivity contribution in [3.63, 3.8) is 0 Å². The first-order valence-corrected chi connectivity index (χ1v) is 2.31. The highest BCUT2D eigenvalue weighted by Gasteiger charge is 2.01. The molecule has 0 saturated heterocycles. The van der Waals surface area contributed by atoms with Crippen LogP contribution >= 0.6 is 0 Å². The molecule has 0 aromatic carbocycles. The number of allylic oxidation sites excluding steroid dienone is 1. The lowest BCUT2D eigenvalue weighted by Crippen LogP contribution is -1.99. The monoisotopic (exact) mass is 132 g/mol. The molecule has 4 heteroatoms. The third-order valence-corrected chi connectivity index (χ3v) is 0.550. The van der Waals surface area contributed by atoms with Crippen molar-refractivity contribution in [3.8, 4) is 0 Å². The average Bonchev–Trinajstić information content (AvgIpc) is 1.63. The maximum Gasteiger partial charge on any atom is 0.323 e. The molecular weight excluding hydrogens is 124 g/mol. The van der Waals surface area contributed by atoms with Gasteiger partial charge in [-0.25, -0.2) is 0 Å². The van der Waals surface area contributed by atoms with Crippen molar-refractivity contribution in [1.29, 1.82) is 0 Å². The second-order valence-corrected chi connectivity index (χ2v) is 1.48. The van der Waals surface area contributed by atoms with Gasteiger partial charge in [0, 0.05) is 13.8 Å². The lowest BCUT2D eigenvalue weighted by atomic mass is 10.6. The van der Waals surface area contributed by atoms with E-state index in [0.717, 1.165) is 6.92 Å². The molecule has 0 atom stereocenters. The lowest BCUT2D eigenvalue weighted by Gasteiger charge is -1.97. The number of aliphatic hydroxyl groups is 2. The molecule has 4 nitrogen and oxygen atoms in total. The van der Waals surface area contributed by atoms with Crippen LogP contribution in [0.2, 0.25) is 0 Å². The summed E-state index contributed by atoms with van der Waals surface area (Å²) >= 11 is 0. The highest BCUT2D eigenvalue weighted by molar-refractivity contribution is 5.66. The van der Waals surface area contributed by atoms with Gasteiger partial charge in [-0.2, -0.15) is 0 Å². The zero-order chi connectivity index (χ0) is 7.44. The van der Waals surface area contributed by atoms with E-state index in [9.17, 15) is 4.79 Å². The molecule has 52 valence electrons. The van der Waals surface area contributed by atoms with Crippen LogP contribution in [-0.2, 0) is 9.53 Å². The Kier molecular flexibility index (Phi) is 2.57. The summed E-state index contributed by atoms with van der Waals surface area (Å²) in [5.41, 5.74) is 0. The van der Waals surface area contributed by atoms with Gasteiger partial charge in [-0.05, 0) is 0 Å². The molecule has 0 fully saturated rings. The van der Waals surface area contributed by atoms with Gasteiger partial charge < -0.3 is 14.9 Å². The molecule has 0 rings (SSSR count). The third kappa shape index (κ3) is 3.40. The number of hydrogen-bond acceptors (Lipinski definition) is 4. The number of ether oxygens (including phenoxy) is 1. The molecule has 0 bridgehead atoms. The molecule has 0 aromatic heterocycles. The van der Waals surface area contributed by atoms with E-state index in [2.05, 4.69) is 4.74 Å². The van der Waals surface area contributed by atoms with E-state index in [1.54, 1.807) is 0 Å². The summed E-state index contributed by atoms with van der Waals surface area (Å²) in [6.45, 7) is 2.33. The number of carbonyl (C=O) groups is 1. The van der Waals surface area contributed by atoms with Crippen LogP contribution in [0.3, 0.4) is 0 Å². The van der Waals surface area contributed by atoms with Crippen LogP contribution in [0.5, 0.6) is 0 Å². The maximum atomic E-state index is 10.0. The second kappa shape index (κ2) is 2.96. The molecule has 2 N–H and O–H groups in total. The van der Waals surface area contributed by atoms with E-state index in [4.69, 9.17) is 10.2 Å². The Hall–Kier alpha value is -1.19. The summed E-state index contributed by atoms with van der Waals surface area (Å²) in [7, 11) is 0. The Bertz CT molecular complexity index is 143. The van der Waals surface area contributed by atoms with Gasteiger partial charge in [0.15, 0.2) is 5.76 Å². The van der Waals surface area contributed by atoms with Crippen molar-refractivity contribution < 1.29 is 19.7 Å². The van der Waals surface area contributed by atoms with Crippen LogP contribution in [0.15, 0.2) is 11.7 Å². The van der Waals surface area contributed by atoms with Crippen molar-refractivity contribution >= 4 is 5.97 Å². The summed E-state index contributed by atoms with van der Waals surface area (Å²) in [5, 5.41) is 16.9. The Morgan fingerprint density at radius 3 is 1.89 bits per heavy atom. The van der Waals surface area contributed by atoms with E-state index in [-0.39, 0.29) is 0 Å². The smallest absolute Gasteiger partial charge is 0.323 e. The number of esters is 1. The SMILES string of the molecule is CC(=O)O/C(O)=C(\C)O. The topological polar surface area (TPSA) is 66.8 Å². The van der Waals surface area contributed by atoms with Crippen LogP contribution in [0.1, 0.15) is 13.8 Å². The van der Waals surface area contributed by atoms with Gasteiger partial charge in [-0.15, -0.1) is 0 Å². The van der Waals surface area contributed by atoms with E-state index in [1.807, 2.05) is 0 Å². The molecule has 0 heterocycles. The van der Waals surface area contributed by atoms with E-state index >= 15 is 0 Å². The van der Waals surface area contributed by atoms with Crippen LogP contribution < -0.4 is 0 Å². The first kappa shape index (κ1) is 7.81. The van der Waals surface area contributed by atoms with E-state index in [1.165, 1.54) is 6.92 Å². The molecule has 0 saturated carbocycles. The molecule has 9 heavy (non-hydrogen) atoms. The minimum atomic E-state index is -0.748. The maximum absolute atomic E-state index is 10.0. The Morgan fingerprint density at radius 1 is 1.33 bits per heavy atom.